The van der Waals surface area contributed by atoms with Gasteiger partial charge in [-0.05, 0) is 58.2 Å². The molecular weight excluding hydrogens is 261 g/mol. The van der Waals surface area contributed by atoms with Gasteiger partial charge in [0.2, 0.25) is 0 Å². The van der Waals surface area contributed by atoms with E-state index in [1.807, 2.05) is 0 Å². The number of hydrogen-bond acceptors (Lipinski definition) is 3. The van der Waals surface area contributed by atoms with Gasteiger partial charge in [-0.2, -0.15) is 5.26 Å². The van der Waals surface area contributed by atoms with E-state index < -0.39 is 0 Å². The minimum absolute atomic E-state index is 0.0831. The largest absolute Gasteiger partial charge is 0.461 e. The van der Waals surface area contributed by atoms with Gasteiger partial charge in [-0.1, -0.05) is 25.7 Å². The molecule has 4 unspecified atom stereocenters. The lowest BCUT2D eigenvalue weighted by Crippen LogP contribution is -2.41. The van der Waals surface area contributed by atoms with Crippen LogP contribution in [-0.2, 0) is 9.31 Å². The molecule has 3 fully saturated rings. The van der Waals surface area contributed by atoms with Gasteiger partial charge in [0.15, 0.2) is 0 Å². The van der Waals surface area contributed by atoms with Crippen molar-refractivity contribution in [1.82, 2.24) is 0 Å². The standard InChI is InChI=1S/C17H28BNO2/c1-16(2)17(3,4)21-18(20-16)15-10-9-12(11-19)13-7-5-6-8-14(13)15/h12-15H,5-10H2,1-4H3. The molecule has 4 heteroatoms. The third kappa shape index (κ3) is 2.53. The van der Waals surface area contributed by atoms with Gasteiger partial charge in [0.25, 0.3) is 0 Å². The zero-order chi connectivity index (χ0) is 15.3. The Bertz CT molecular complexity index is 427. The molecule has 0 N–H and O–H groups in total. The van der Waals surface area contributed by atoms with Crippen LogP contribution in [0.15, 0.2) is 0 Å². The highest BCUT2D eigenvalue weighted by Crippen LogP contribution is 2.53. The third-order valence-electron chi connectivity index (χ3n) is 6.54. The summed E-state index contributed by atoms with van der Waals surface area (Å²) in [5.74, 6) is 1.92. The van der Waals surface area contributed by atoms with Crippen LogP contribution in [0, 0.1) is 29.1 Å². The lowest BCUT2D eigenvalue weighted by atomic mass is 9.51. The minimum Gasteiger partial charge on any atom is -0.403 e. The molecule has 0 radical (unpaired) electrons. The van der Waals surface area contributed by atoms with E-state index in [9.17, 15) is 5.26 Å². The van der Waals surface area contributed by atoms with Crippen molar-refractivity contribution in [2.24, 2.45) is 17.8 Å². The molecule has 1 heterocycles. The third-order valence-corrected chi connectivity index (χ3v) is 6.54. The van der Waals surface area contributed by atoms with Gasteiger partial charge in [0.05, 0.1) is 17.3 Å². The molecule has 3 nitrogen and oxygen atoms in total. The Morgan fingerprint density at radius 1 is 0.905 bits per heavy atom. The molecule has 21 heavy (non-hydrogen) atoms. The van der Waals surface area contributed by atoms with Crippen molar-refractivity contribution in [1.29, 1.82) is 5.26 Å². The highest BCUT2D eigenvalue weighted by Gasteiger charge is 2.57. The van der Waals surface area contributed by atoms with Crippen molar-refractivity contribution in [3.8, 4) is 6.07 Å². The molecule has 4 atom stereocenters. The van der Waals surface area contributed by atoms with Gasteiger partial charge in [0, 0.05) is 5.92 Å². The lowest BCUT2D eigenvalue weighted by Gasteiger charge is -2.44. The lowest BCUT2D eigenvalue weighted by molar-refractivity contribution is 0.00578. The first kappa shape index (κ1) is 15.4. The molecule has 1 aliphatic heterocycles. The normalized spacial score (nSPS) is 41.4. The van der Waals surface area contributed by atoms with Crippen molar-refractivity contribution in [3.63, 3.8) is 0 Å². The molecule has 3 rings (SSSR count). The van der Waals surface area contributed by atoms with Gasteiger partial charge in [0.1, 0.15) is 0 Å². The smallest absolute Gasteiger partial charge is 0.403 e. The van der Waals surface area contributed by atoms with Crippen LogP contribution < -0.4 is 0 Å². The summed E-state index contributed by atoms with van der Waals surface area (Å²) in [6.07, 6.45) is 7.16. The average molecular weight is 289 g/mol. The first-order chi connectivity index (χ1) is 9.86. The van der Waals surface area contributed by atoms with E-state index in [4.69, 9.17) is 9.31 Å². The summed E-state index contributed by atoms with van der Waals surface area (Å²) in [5.41, 5.74) is -0.484. The summed E-state index contributed by atoms with van der Waals surface area (Å²) < 4.78 is 12.6. The van der Waals surface area contributed by atoms with E-state index in [1.54, 1.807) is 0 Å². The van der Waals surface area contributed by atoms with E-state index in [2.05, 4.69) is 33.8 Å². The molecule has 0 spiro atoms. The van der Waals surface area contributed by atoms with E-state index in [1.165, 1.54) is 25.7 Å². The highest BCUT2D eigenvalue weighted by atomic mass is 16.7. The van der Waals surface area contributed by atoms with Crippen LogP contribution in [0.1, 0.15) is 66.2 Å². The SMILES string of the molecule is CC1(C)OB(C2CCC(C#N)C3CCCCC23)OC1(C)C. The van der Waals surface area contributed by atoms with Crippen molar-refractivity contribution < 1.29 is 9.31 Å². The molecule has 0 aromatic heterocycles. The van der Waals surface area contributed by atoms with Gasteiger partial charge in [-0.15, -0.1) is 0 Å². The van der Waals surface area contributed by atoms with Crippen molar-refractivity contribution in [3.05, 3.63) is 0 Å². The van der Waals surface area contributed by atoms with E-state index in [0.717, 1.165) is 12.8 Å². The van der Waals surface area contributed by atoms with Gasteiger partial charge in [-0.3, -0.25) is 0 Å². The Morgan fingerprint density at radius 2 is 1.48 bits per heavy atom. The Labute approximate surface area is 129 Å². The second kappa shape index (κ2) is 5.28. The predicted octanol–water partition coefficient (Wildman–Crippen LogP) is 4.19. The maximum atomic E-state index is 9.44. The average Bonchev–Trinajstić information content (AvgIpc) is 2.66. The zero-order valence-corrected chi connectivity index (χ0v) is 13.9. The summed E-state index contributed by atoms with van der Waals surface area (Å²) in [5, 5.41) is 9.44. The molecule has 2 aliphatic carbocycles. The summed E-state index contributed by atoms with van der Waals surface area (Å²) in [4.78, 5) is 0. The maximum Gasteiger partial charge on any atom is 0.461 e. The number of nitriles is 1. The molecular formula is C17H28BNO2. The van der Waals surface area contributed by atoms with Crippen LogP contribution in [0.4, 0.5) is 0 Å². The molecule has 0 bridgehead atoms. The summed E-state index contributed by atoms with van der Waals surface area (Å²) in [6, 6.07) is 2.57. The van der Waals surface area contributed by atoms with Crippen LogP contribution in [0.3, 0.4) is 0 Å². The summed E-state index contributed by atoms with van der Waals surface area (Å²) in [6.45, 7) is 8.52. The summed E-state index contributed by atoms with van der Waals surface area (Å²) in [7, 11) is -0.0831. The van der Waals surface area contributed by atoms with Gasteiger partial charge < -0.3 is 9.31 Å². The monoisotopic (exact) mass is 289 g/mol. The fourth-order valence-electron chi connectivity index (χ4n) is 4.58. The Morgan fingerprint density at radius 3 is 2.05 bits per heavy atom. The Kier molecular flexibility index (Phi) is 3.87. The topological polar surface area (TPSA) is 42.2 Å². The number of hydrogen-bond donors (Lipinski definition) is 0. The number of nitrogens with zero attached hydrogens (tertiary/aromatic N) is 1. The molecule has 0 aromatic carbocycles. The van der Waals surface area contributed by atoms with Crippen molar-refractivity contribution in [2.45, 2.75) is 83.2 Å². The van der Waals surface area contributed by atoms with Crippen LogP contribution in [0.25, 0.3) is 0 Å². The molecule has 1 saturated heterocycles. The molecule has 0 aromatic rings. The van der Waals surface area contributed by atoms with Crippen LogP contribution in [0.5, 0.6) is 0 Å². The zero-order valence-electron chi connectivity index (χ0n) is 13.9. The minimum atomic E-state index is -0.242. The second-order valence-corrected chi connectivity index (χ2v) is 8.21. The van der Waals surface area contributed by atoms with E-state index in [0.29, 0.717) is 17.7 Å². The fraction of sp³-hybridized carbons (Fsp3) is 0.941. The highest BCUT2D eigenvalue weighted by molar-refractivity contribution is 6.47. The molecule has 3 aliphatic rings. The number of fused-ring (bicyclic) bond motifs is 1. The number of rotatable bonds is 1. The van der Waals surface area contributed by atoms with Crippen LogP contribution in [0.2, 0.25) is 5.82 Å². The van der Waals surface area contributed by atoms with Gasteiger partial charge in [-0.25, -0.2) is 0 Å². The molecule has 0 amide bonds. The first-order valence-electron chi connectivity index (χ1n) is 8.61. The maximum absolute atomic E-state index is 9.44. The Hall–Kier alpha value is -0.525. The van der Waals surface area contributed by atoms with Crippen molar-refractivity contribution in [2.75, 3.05) is 0 Å². The predicted molar refractivity (Wildman–Crippen MR) is 83.6 cm³/mol. The van der Waals surface area contributed by atoms with Crippen molar-refractivity contribution >= 4 is 7.12 Å². The molecule has 2 saturated carbocycles. The van der Waals surface area contributed by atoms with Gasteiger partial charge >= 0.3 is 7.12 Å². The Balaban J connectivity index is 1.79. The summed E-state index contributed by atoms with van der Waals surface area (Å²) >= 11 is 0. The molecule has 116 valence electrons. The van der Waals surface area contributed by atoms with E-state index >= 15 is 0 Å². The quantitative estimate of drug-likeness (QED) is 0.680. The van der Waals surface area contributed by atoms with Crippen LogP contribution >= 0.6 is 0 Å². The fourth-order valence-corrected chi connectivity index (χ4v) is 4.58. The second-order valence-electron chi connectivity index (χ2n) is 8.21. The van der Waals surface area contributed by atoms with E-state index in [-0.39, 0.29) is 24.2 Å². The first-order valence-corrected chi connectivity index (χ1v) is 8.61. The van der Waals surface area contributed by atoms with Crippen LogP contribution in [-0.4, -0.2) is 18.3 Å².